The number of aldehydes is 1. The van der Waals surface area contributed by atoms with Crippen molar-refractivity contribution in [3.8, 4) is 0 Å². The first kappa shape index (κ1) is 12.3. The normalized spacial score (nSPS) is 13.2. The molecule has 0 spiro atoms. The molecule has 0 aliphatic carbocycles. The summed E-state index contributed by atoms with van der Waals surface area (Å²) in [7, 11) is 0. The van der Waals surface area contributed by atoms with Gasteiger partial charge in [-0.15, -0.1) is 0 Å². The van der Waals surface area contributed by atoms with Gasteiger partial charge in [0.05, 0.1) is 5.71 Å². The van der Waals surface area contributed by atoms with E-state index in [1.165, 1.54) is 0 Å². The van der Waals surface area contributed by atoms with Gasteiger partial charge in [-0.05, 0) is 17.9 Å². The van der Waals surface area contributed by atoms with E-state index in [0.717, 1.165) is 17.7 Å². The number of hydrogen-bond donors (Lipinski definition) is 1. The van der Waals surface area contributed by atoms with Gasteiger partial charge in [0.2, 0.25) is 0 Å². The van der Waals surface area contributed by atoms with E-state index in [0.29, 0.717) is 6.29 Å². The highest BCUT2D eigenvalue weighted by Gasteiger charge is 2.11. The summed E-state index contributed by atoms with van der Waals surface area (Å²) in [5, 5.41) is 7.33. The molecule has 1 aromatic carbocycles. The number of amidine groups is 1. The predicted octanol–water partition coefficient (Wildman–Crippen LogP) is 2.70. The van der Waals surface area contributed by atoms with Crippen LogP contribution in [0, 0.1) is 11.3 Å². The Morgan fingerprint density at radius 3 is 2.56 bits per heavy atom. The van der Waals surface area contributed by atoms with Crippen LogP contribution in [0.3, 0.4) is 0 Å². The molecule has 0 saturated carbocycles. The van der Waals surface area contributed by atoms with Crippen molar-refractivity contribution in [1.29, 1.82) is 5.41 Å². The van der Waals surface area contributed by atoms with Crippen molar-refractivity contribution in [3.63, 3.8) is 0 Å². The average Bonchev–Trinajstić information content (AvgIpc) is 2.35. The third kappa shape index (κ3) is 3.12. The van der Waals surface area contributed by atoms with Gasteiger partial charge in [-0.2, -0.15) is 0 Å². The van der Waals surface area contributed by atoms with Crippen LogP contribution >= 0.6 is 0 Å². The minimum absolute atomic E-state index is 0.223. The summed E-state index contributed by atoms with van der Waals surface area (Å²) in [5.41, 5.74) is 1.78. The predicted molar refractivity (Wildman–Crippen MR) is 66.2 cm³/mol. The van der Waals surface area contributed by atoms with Crippen LogP contribution in [0.1, 0.15) is 25.8 Å². The van der Waals surface area contributed by atoms with Gasteiger partial charge in [-0.1, -0.05) is 44.2 Å². The van der Waals surface area contributed by atoms with Crippen molar-refractivity contribution in [2.24, 2.45) is 10.9 Å². The zero-order chi connectivity index (χ0) is 12.0. The molecule has 3 heteroatoms. The van der Waals surface area contributed by atoms with Gasteiger partial charge in [0, 0.05) is 0 Å². The largest absolute Gasteiger partial charge is 0.294 e. The van der Waals surface area contributed by atoms with E-state index in [9.17, 15) is 4.79 Å². The van der Waals surface area contributed by atoms with Crippen molar-refractivity contribution >= 4 is 17.8 Å². The first-order valence-corrected chi connectivity index (χ1v) is 5.36. The van der Waals surface area contributed by atoms with Gasteiger partial charge in [0.1, 0.15) is 0 Å². The second kappa shape index (κ2) is 5.95. The maximum Gasteiger partial charge on any atom is 0.186 e. The SMILES string of the molecule is CCC(C)C(=NC(=N)C=O)c1ccccc1. The summed E-state index contributed by atoms with van der Waals surface area (Å²) in [5.74, 6) is 0.0156. The van der Waals surface area contributed by atoms with Gasteiger partial charge in [-0.3, -0.25) is 10.2 Å². The van der Waals surface area contributed by atoms with Gasteiger partial charge in [-0.25, -0.2) is 4.99 Å². The summed E-state index contributed by atoms with van der Waals surface area (Å²) >= 11 is 0. The molecule has 0 amide bonds. The van der Waals surface area contributed by atoms with E-state index in [1.807, 2.05) is 37.3 Å². The Hall–Kier alpha value is -1.77. The van der Waals surface area contributed by atoms with E-state index >= 15 is 0 Å². The highest BCUT2D eigenvalue weighted by atomic mass is 16.1. The lowest BCUT2D eigenvalue weighted by Gasteiger charge is -2.12. The highest BCUT2D eigenvalue weighted by Crippen LogP contribution is 2.13. The van der Waals surface area contributed by atoms with Crippen molar-refractivity contribution in [2.45, 2.75) is 20.3 Å². The zero-order valence-corrected chi connectivity index (χ0v) is 9.60. The van der Waals surface area contributed by atoms with Gasteiger partial charge in [0.25, 0.3) is 0 Å². The third-order valence-electron chi connectivity index (χ3n) is 2.50. The molecule has 0 radical (unpaired) electrons. The van der Waals surface area contributed by atoms with Crippen LogP contribution < -0.4 is 0 Å². The zero-order valence-electron chi connectivity index (χ0n) is 9.60. The fourth-order valence-electron chi connectivity index (χ4n) is 1.42. The molecule has 0 aliphatic heterocycles. The van der Waals surface area contributed by atoms with E-state index in [2.05, 4.69) is 11.9 Å². The number of hydrogen-bond acceptors (Lipinski definition) is 2. The maximum absolute atomic E-state index is 10.5. The fourth-order valence-corrected chi connectivity index (χ4v) is 1.42. The third-order valence-corrected chi connectivity index (χ3v) is 2.50. The Balaban J connectivity index is 3.11. The number of rotatable bonds is 4. The number of nitrogens with one attached hydrogen (secondary N) is 1. The molecule has 1 atom stereocenters. The molecule has 84 valence electrons. The number of benzene rings is 1. The Morgan fingerprint density at radius 2 is 2.06 bits per heavy atom. The van der Waals surface area contributed by atoms with Crippen LogP contribution in [0.15, 0.2) is 35.3 Å². The lowest BCUT2D eigenvalue weighted by atomic mass is 9.96. The molecule has 0 bridgehead atoms. The molecule has 0 fully saturated rings. The van der Waals surface area contributed by atoms with Crippen LogP contribution in [0.25, 0.3) is 0 Å². The van der Waals surface area contributed by atoms with Crippen molar-refractivity contribution < 1.29 is 4.79 Å². The minimum Gasteiger partial charge on any atom is -0.294 e. The molecule has 1 rings (SSSR count). The van der Waals surface area contributed by atoms with E-state index in [4.69, 9.17) is 5.41 Å². The molecular formula is C13H16N2O. The number of aliphatic imine (C=N–C) groups is 1. The maximum atomic E-state index is 10.5. The lowest BCUT2D eigenvalue weighted by Crippen LogP contribution is -2.14. The number of nitrogens with zero attached hydrogens (tertiary/aromatic N) is 1. The monoisotopic (exact) mass is 216 g/mol. The molecule has 0 heterocycles. The molecule has 0 saturated heterocycles. The molecule has 3 nitrogen and oxygen atoms in total. The quantitative estimate of drug-likeness (QED) is 0.469. The Labute approximate surface area is 95.7 Å². The van der Waals surface area contributed by atoms with E-state index < -0.39 is 0 Å². The highest BCUT2D eigenvalue weighted by molar-refractivity contribution is 6.29. The first-order valence-electron chi connectivity index (χ1n) is 5.36. The molecule has 0 aliphatic rings. The molecule has 0 aromatic heterocycles. The van der Waals surface area contributed by atoms with Crippen LogP contribution in [0.2, 0.25) is 0 Å². The average molecular weight is 216 g/mol. The molecular weight excluding hydrogens is 200 g/mol. The van der Waals surface area contributed by atoms with Gasteiger partial charge < -0.3 is 0 Å². The molecule has 1 N–H and O–H groups in total. The molecule has 1 aromatic rings. The van der Waals surface area contributed by atoms with Crippen LogP contribution in [0.5, 0.6) is 0 Å². The number of carbonyl (C=O) groups excluding carboxylic acids is 1. The van der Waals surface area contributed by atoms with E-state index in [-0.39, 0.29) is 11.8 Å². The minimum atomic E-state index is -0.223. The summed E-state index contributed by atoms with van der Waals surface area (Å²) in [6.07, 6.45) is 1.39. The van der Waals surface area contributed by atoms with Crippen LogP contribution in [-0.2, 0) is 4.79 Å². The van der Waals surface area contributed by atoms with Crippen molar-refractivity contribution in [3.05, 3.63) is 35.9 Å². The second-order valence-corrected chi connectivity index (χ2v) is 3.68. The molecule has 1 unspecified atom stereocenters. The van der Waals surface area contributed by atoms with Crippen molar-refractivity contribution in [1.82, 2.24) is 0 Å². The van der Waals surface area contributed by atoms with Crippen LogP contribution in [0.4, 0.5) is 0 Å². The summed E-state index contributed by atoms with van der Waals surface area (Å²) in [6.45, 7) is 4.11. The first-order chi connectivity index (χ1) is 7.69. The summed E-state index contributed by atoms with van der Waals surface area (Å²) in [4.78, 5) is 14.5. The number of carbonyl (C=O) groups is 1. The van der Waals surface area contributed by atoms with Crippen molar-refractivity contribution in [2.75, 3.05) is 0 Å². The van der Waals surface area contributed by atoms with Gasteiger partial charge >= 0.3 is 0 Å². The molecule has 16 heavy (non-hydrogen) atoms. The topological polar surface area (TPSA) is 53.3 Å². The second-order valence-electron chi connectivity index (χ2n) is 3.68. The fraction of sp³-hybridized carbons (Fsp3) is 0.308. The Morgan fingerprint density at radius 1 is 1.44 bits per heavy atom. The smallest absolute Gasteiger partial charge is 0.186 e. The Bertz CT molecular complexity index is 396. The summed E-state index contributed by atoms with van der Waals surface area (Å²) in [6, 6.07) is 9.68. The summed E-state index contributed by atoms with van der Waals surface area (Å²) < 4.78 is 0. The Kier molecular flexibility index (Phi) is 4.58. The van der Waals surface area contributed by atoms with E-state index in [1.54, 1.807) is 0 Å². The van der Waals surface area contributed by atoms with Crippen LogP contribution in [-0.4, -0.2) is 17.8 Å². The standard InChI is InChI=1S/C13H16N2O/c1-3-10(2)13(15-12(14)9-16)11-7-5-4-6-8-11/h4-10,14H,3H2,1-2H3. The lowest BCUT2D eigenvalue weighted by molar-refractivity contribution is -0.102. The van der Waals surface area contributed by atoms with Gasteiger partial charge in [0.15, 0.2) is 12.1 Å².